The number of anilines is 1. The van der Waals surface area contributed by atoms with Crippen LogP contribution in [0.1, 0.15) is 43.2 Å². The fraction of sp³-hybridized carbons (Fsp3) is 0.778. The van der Waals surface area contributed by atoms with Crippen LogP contribution in [0.5, 0.6) is 0 Å². The number of fused-ring (bicyclic) bond motifs is 1. The van der Waals surface area contributed by atoms with Gasteiger partial charge in [0.1, 0.15) is 0 Å². The summed E-state index contributed by atoms with van der Waals surface area (Å²) in [6.45, 7) is 6.17. The number of halogens is 1. The molecule has 0 aromatic carbocycles. The van der Waals surface area contributed by atoms with Crippen molar-refractivity contribution in [3.05, 3.63) is 10.6 Å². The van der Waals surface area contributed by atoms with Gasteiger partial charge in [0, 0.05) is 30.6 Å². The quantitative estimate of drug-likeness (QED) is 0.818. The van der Waals surface area contributed by atoms with E-state index in [0.717, 1.165) is 51.9 Å². The minimum Gasteiger partial charge on any atom is -0.453 e. The van der Waals surface area contributed by atoms with E-state index in [9.17, 15) is 4.79 Å². The van der Waals surface area contributed by atoms with Gasteiger partial charge in [0.25, 0.3) is 0 Å². The largest absolute Gasteiger partial charge is 0.453 e. The maximum Gasteiger partial charge on any atom is 0.409 e. The molecular weight excluding hydrogens is 372 g/mol. The van der Waals surface area contributed by atoms with Gasteiger partial charge in [-0.15, -0.1) is 23.7 Å². The predicted molar refractivity (Wildman–Crippen MR) is 108 cm³/mol. The van der Waals surface area contributed by atoms with Crippen molar-refractivity contribution in [2.75, 3.05) is 39.0 Å². The van der Waals surface area contributed by atoms with Crippen molar-refractivity contribution in [1.82, 2.24) is 14.8 Å². The molecule has 0 spiro atoms. The SMILES string of the molecule is CCCN(CC1CCN(C(=O)OC)CC1)[C@@H]1CCc2nc(N)sc2C1.Cl. The molecule has 0 saturated carbocycles. The van der Waals surface area contributed by atoms with Gasteiger partial charge >= 0.3 is 6.09 Å². The Bertz CT molecular complexity index is 590. The third kappa shape index (κ3) is 5.02. The number of nitrogen functional groups attached to an aromatic ring is 1. The molecule has 8 heteroatoms. The zero-order valence-electron chi connectivity index (χ0n) is 15.8. The number of thiazole rings is 1. The number of nitrogens with two attached hydrogens (primary N) is 1. The first-order chi connectivity index (χ1) is 12.1. The minimum atomic E-state index is -0.188. The smallest absolute Gasteiger partial charge is 0.409 e. The fourth-order valence-electron chi connectivity index (χ4n) is 4.16. The summed E-state index contributed by atoms with van der Waals surface area (Å²) in [6.07, 6.45) is 6.44. The number of nitrogens with zero attached hydrogens (tertiary/aromatic N) is 3. The van der Waals surface area contributed by atoms with E-state index < -0.39 is 0 Å². The number of aryl methyl sites for hydroxylation is 1. The van der Waals surface area contributed by atoms with Crippen LogP contribution in [0, 0.1) is 5.92 Å². The fourth-order valence-corrected chi connectivity index (χ4v) is 5.11. The molecule has 1 aliphatic carbocycles. The van der Waals surface area contributed by atoms with E-state index in [1.165, 1.54) is 30.5 Å². The van der Waals surface area contributed by atoms with Crippen molar-refractivity contribution < 1.29 is 9.53 Å². The molecule has 1 aliphatic heterocycles. The number of carbonyl (C=O) groups is 1. The monoisotopic (exact) mass is 402 g/mol. The topological polar surface area (TPSA) is 71.7 Å². The first-order valence-electron chi connectivity index (χ1n) is 9.41. The number of ether oxygens (including phenoxy) is 1. The first kappa shape index (κ1) is 21.3. The summed E-state index contributed by atoms with van der Waals surface area (Å²) in [5.41, 5.74) is 7.11. The lowest BCUT2D eigenvalue weighted by atomic mass is 9.92. The van der Waals surface area contributed by atoms with Crippen LogP contribution in [0.4, 0.5) is 9.93 Å². The second-order valence-corrected chi connectivity index (χ2v) is 8.33. The normalized spacial score (nSPS) is 20.6. The average molecular weight is 403 g/mol. The third-order valence-corrected chi connectivity index (χ3v) is 6.45. The van der Waals surface area contributed by atoms with Crippen molar-refractivity contribution in [3.8, 4) is 0 Å². The zero-order valence-corrected chi connectivity index (χ0v) is 17.4. The number of methoxy groups -OCH3 is 1. The molecule has 0 bridgehead atoms. The van der Waals surface area contributed by atoms with Gasteiger partial charge in [-0.25, -0.2) is 9.78 Å². The first-order valence-corrected chi connectivity index (χ1v) is 10.2. The van der Waals surface area contributed by atoms with Gasteiger partial charge in [-0.1, -0.05) is 6.92 Å². The Kier molecular flexibility index (Phi) is 7.98. The summed E-state index contributed by atoms with van der Waals surface area (Å²) >= 11 is 1.66. The maximum atomic E-state index is 11.6. The highest BCUT2D eigenvalue weighted by molar-refractivity contribution is 7.15. The zero-order chi connectivity index (χ0) is 17.8. The average Bonchev–Trinajstić information content (AvgIpc) is 3.00. The summed E-state index contributed by atoms with van der Waals surface area (Å²) in [5.74, 6) is 0.667. The number of amides is 1. The van der Waals surface area contributed by atoms with Crippen molar-refractivity contribution in [1.29, 1.82) is 0 Å². The second kappa shape index (κ2) is 9.76. The predicted octanol–water partition coefficient (Wildman–Crippen LogP) is 3.19. The van der Waals surface area contributed by atoms with Crippen LogP contribution < -0.4 is 5.73 Å². The van der Waals surface area contributed by atoms with Crippen LogP contribution in [-0.2, 0) is 17.6 Å². The number of hydrogen-bond donors (Lipinski definition) is 1. The standard InChI is InChI=1S/C18H30N4O2S.ClH/c1-3-8-22(12-13-6-9-21(10-7-13)18(23)24-2)14-4-5-15-16(11-14)25-17(19)20-15;/h13-14H,3-12H2,1-2H3,(H2,19,20);1H/t14-;/m1./s1. The number of rotatable bonds is 5. The highest BCUT2D eigenvalue weighted by Crippen LogP contribution is 2.31. The van der Waals surface area contributed by atoms with Crippen LogP contribution in [0.3, 0.4) is 0 Å². The summed E-state index contributed by atoms with van der Waals surface area (Å²) in [4.78, 5) is 22.0. The second-order valence-electron chi connectivity index (χ2n) is 7.21. The molecule has 3 rings (SSSR count). The number of likely N-dealkylation sites (tertiary alicyclic amines) is 1. The van der Waals surface area contributed by atoms with Gasteiger partial charge in [-0.3, -0.25) is 4.90 Å². The van der Waals surface area contributed by atoms with Crippen LogP contribution >= 0.6 is 23.7 Å². The highest BCUT2D eigenvalue weighted by atomic mass is 35.5. The molecule has 1 aromatic heterocycles. The van der Waals surface area contributed by atoms with Gasteiger partial charge in [-0.2, -0.15) is 0 Å². The van der Waals surface area contributed by atoms with Crippen LogP contribution in [0.25, 0.3) is 0 Å². The van der Waals surface area contributed by atoms with E-state index in [2.05, 4.69) is 16.8 Å². The third-order valence-electron chi connectivity index (χ3n) is 5.50. The number of hydrogen-bond acceptors (Lipinski definition) is 6. The van der Waals surface area contributed by atoms with Crippen LogP contribution in [0.2, 0.25) is 0 Å². The molecule has 2 heterocycles. The minimum absolute atomic E-state index is 0. The molecule has 6 nitrogen and oxygen atoms in total. The van der Waals surface area contributed by atoms with Crippen LogP contribution in [0.15, 0.2) is 0 Å². The maximum absolute atomic E-state index is 11.6. The number of carbonyl (C=O) groups excluding carboxylic acids is 1. The Balaban J connectivity index is 0.00000243. The molecule has 26 heavy (non-hydrogen) atoms. The molecule has 1 saturated heterocycles. The van der Waals surface area contributed by atoms with E-state index in [-0.39, 0.29) is 18.5 Å². The Morgan fingerprint density at radius 1 is 1.38 bits per heavy atom. The number of piperidine rings is 1. The van der Waals surface area contributed by atoms with E-state index in [1.807, 2.05) is 4.90 Å². The molecule has 1 fully saturated rings. The van der Waals surface area contributed by atoms with Crippen molar-refractivity contribution >= 4 is 35.0 Å². The molecule has 1 atom stereocenters. The molecule has 1 aromatic rings. The van der Waals surface area contributed by atoms with Gasteiger partial charge in [0.2, 0.25) is 0 Å². The molecule has 2 N–H and O–H groups in total. The van der Waals surface area contributed by atoms with Gasteiger partial charge in [0.05, 0.1) is 12.8 Å². The Hall–Kier alpha value is -1.05. The van der Waals surface area contributed by atoms with E-state index in [4.69, 9.17) is 10.5 Å². The summed E-state index contributed by atoms with van der Waals surface area (Å²) in [7, 11) is 1.46. The van der Waals surface area contributed by atoms with E-state index in [1.54, 1.807) is 11.3 Å². The summed E-state index contributed by atoms with van der Waals surface area (Å²) in [5, 5.41) is 0.711. The molecule has 2 aliphatic rings. The molecule has 148 valence electrons. The van der Waals surface area contributed by atoms with Gasteiger partial charge < -0.3 is 15.4 Å². The summed E-state index contributed by atoms with van der Waals surface area (Å²) < 4.78 is 4.84. The Morgan fingerprint density at radius 3 is 2.77 bits per heavy atom. The Labute approximate surface area is 166 Å². The lowest BCUT2D eigenvalue weighted by Crippen LogP contribution is -2.45. The van der Waals surface area contributed by atoms with E-state index >= 15 is 0 Å². The molecule has 0 unspecified atom stereocenters. The van der Waals surface area contributed by atoms with Crippen molar-refractivity contribution in [3.63, 3.8) is 0 Å². The molecule has 1 amide bonds. The molecular formula is C18H31ClN4O2S. The van der Waals surface area contributed by atoms with E-state index in [0.29, 0.717) is 17.1 Å². The summed E-state index contributed by atoms with van der Waals surface area (Å²) in [6, 6.07) is 0.603. The van der Waals surface area contributed by atoms with Crippen LogP contribution in [-0.4, -0.2) is 60.2 Å². The highest BCUT2D eigenvalue weighted by Gasteiger charge is 2.30. The van der Waals surface area contributed by atoms with Gasteiger partial charge in [0.15, 0.2) is 5.13 Å². The van der Waals surface area contributed by atoms with Crippen molar-refractivity contribution in [2.45, 2.75) is 51.5 Å². The van der Waals surface area contributed by atoms with Gasteiger partial charge in [-0.05, 0) is 51.0 Å². The Morgan fingerprint density at radius 2 is 2.12 bits per heavy atom. The lowest BCUT2D eigenvalue weighted by Gasteiger charge is -2.38. The molecule has 0 radical (unpaired) electrons. The van der Waals surface area contributed by atoms with Crippen molar-refractivity contribution in [2.24, 2.45) is 5.92 Å². The lowest BCUT2D eigenvalue weighted by molar-refractivity contribution is 0.0884. The number of aromatic nitrogens is 1.